The van der Waals surface area contributed by atoms with Crippen molar-refractivity contribution in [1.82, 2.24) is 20.6 Å². The van der Waals surface area contributed by atoms with Crippen LogP contribution in [0.2, 0.25) is 10.0 Å². The zero-order chi connectivity index (χ0) is 23.8. The third-order valence-corrected chi connectivity index (χ3v) is 6.79. The first-order chi connectivity index (χ1) is 15.7. The first-order valence-electron chi connectivity index (χ1n) is 10.8. The summed E-state index contributed by atoms with van der Waals surface area (Å²) in [6, 6.07) is 3.36. The Balaban J connectivity index is 1.43. The lowest BCUT2D eigenvalue weighted by Crippen LogP contribution is -2.41. The van der Waals surface area contributed by atoms with Gasteiger partial charge < -0.3 is 10.2 Å². The molecule has 2 aliphatic heterocycles. The third-order valence-electron chi connectivity index (χ3n) is 6.17. The Bertz CT molecular complexity index is 1080. The molecule has 3 amide bonds. The number of benzene rings is 1. The lowest BCUT2D eigenvalue weighted by Gasteiger charge is -2.32. The second-order valence-corrected chi connectivity index (χ2v) is 9.70. The van der Waals surface area contributed by atoms with Gasteiger partial charge in [0.05, 0.1) is 24.0 Å². The molecule has 0 aliphatic carbocycles. The Hall–Kier alpha value is -2.71. The molecular formula is C23H25Cl2N5O3. The molecule has 2 aromatic rings. The fourth-order valence-electron chi connectivity index (χ4n) is 3.93. The molecule has 0 spiro atoms. The molecule has 174 valence electrons. The first kappa shape index (κ1) is 23.4. The Morgan fingerprint density at radius 3 is 2.36 bits per heavy atom. The van der Waals surface area contributed by atoms with Gasteiger partial charge in [-0.1, -0.05) is 23.2 Å². The molecular weight excluding hydrogens is 465 g/mol. The minimum absolute atomic E-state index is 0.198. The van der Waals surface area contributed by atoms with E-state index in [0.29, 0.717) is 33.4 Å². The Labute approximate surface area is 202 Å². The van der Waals surface area contributed by atoms with Crippen molar-refractivity contribution >= 4 is 46.6 Å². The summed E-state index contributed by atoms with van der Waals surface area (Å²) in [5, 5.41) is 5.86. The smallest absolute Gasteiger partial charge is 0.234 e. The number of aromatic nitrogens is 2. The Morgan fingerprint density at radius 1 is 1.18 bits per heavy atom. The number of hydrogen-bond donors (Lipinski definition) is 2. The fraction of sp³-hybridized carbons (Fsp3) is 0.435. The fourth-order valence-corrected chi connectivity index (χ4v) is 4.72. The summed E-state index contributed by atoms with van der Waals surface area (Å²) in [5.74, 6) is -1.08. The van der Waals surface area contributed by atoms with Crippen LogP contribution in [0.5, 0.6) is 0 Å². The zero-order valence-electron chi connectivity index (χ0n) is 18.5. The summed E-state index contributed by atoms with van der Waals surface area (Å²) < 4.78 is 0. The molecule has 0 bridgehead atoms. The van der Waals surface area contributed by atoms with E-state index in [0.717, 1.165) is 25.2 Å². The number of anilines is 1. The SMILES string of the molecule is CC(C)(C(=O)NCc1cc(Cl)c(C2CCC(=O)NC2=O)c(Cl)c1)c1ncc(N2CCC2)cn1. The van der Waals surface area contributed by atoms with Crippen LogP contribution < -0.4 is 15.5 Å². The number of amides is 3. The van der Waals surface area contributed by atoms with Gasteiger partial charge in [-0.3, -0.25) is 19.7 Å². The molecule has 4 rings (SSSR count). The lowest BCUT2D eigenvalue weighted by atomic mass is 9.89. The number of imide groups is 1. The molecule has 1 aromatic carbocycles. The number of nitrogens with zero attached hydrogens (tertiary/aromatic N) is 3. The maximum absolute atomic E-state index is 12.9. The van der Waals surface area contributed by atoms with E-state index in [9.17, 15) is 14.4 Å². The minimum Gasteiger partial charge on any atom is -0.369 e. The van der Waals surface area contributed by atoms with E-state index >= 15 is 0 Å². The second kappa shape index (κ2) is 9.27. The number of carbonyl (C=O) groups is 3. The van der Waals surface area contributed by atoms with Crippen LogP contribution in [0.15, 0.2) is 24.5 Å². The van der Waals surface area contributed by atoms with E-state index in [1.165, 1.54) is 0 Å². The van der Waals surface area contributed by atoms with Crippen LogP contribution in [0.4, 0.5) is 5.69 Å². The number of hydrogen-bond acceptors (Lipinski definition) is 6. The number of halogens is 2. The van der Waals surface area contributed by atoms with Gasteiger partial charge in [-0.2, -0.15) is 0 Å². The second-order valence-electron chi connectivity index (χ2n) is 8.89. The van der Waals surface area contributed by atoms with Crippen molar-refractivity contribution in [3.63, 3.8) is 0 Å². The van der Waals surface area contributed by atoms with Crippen LogP contribution in [-0.4, -0.2) is 40.8 Å². The van der Waals surface area contributed by atoms with Crippen LogP contribution in [0.3, 0.4) is 0 Å². The standard InChI is InChI=1S/C23H25Cl2N5O3/c1-23(2,21-26-11-14(12-27-21)30-6-3-7-30)22(33)28-10-13-8-16(24)19(17(25)9-13)15-4-5-18(31)29-20(15)32/h8-9,11-12,15H,3-7,10H2,1-2H3,(H,28,33)(H,29,31,32). The van der Waals surface area contributed by atoms with Gasteiger partial charge in [-0.25, -0.2) is 9.97 Å². The van der Waals surface area contributed by atoms with Crippen LogP contribution in [-0.2, 0) is 26.3 Å². The Morgan fingerprint density at radius 2 is 1.82 bits per heavy atom. The number of rotatable bonds is 6. The predicted molar refractivity (Wildman–Crippen MR) is 125 cm³/mol. The highest BCUT2D eigenvalue weighted by Crippen LogP contribution is 2.37. The van der Waals surface area contributed by atoms with E-state index in [1.54, 1.807) is 38.4 Å². The summed E-state index contributed by atoms with van der Waals surface area (Å²) in [7, 11) is 0. The highest BCUT2D eigenvalue weighted by atomic mass is 35.5. The molecule has 0 saturated carbocycles. The van der Waals surface area contributed by atoms with Crippen LogP contribution in [0, 0.1) is 0 Å². The molecule has 0 radical (unpaired) electrons. The minimum atomic E-state index is -0.937. The number of piperidine rings is 1. The molecule has 33 heavy (non-hydrogen) atoms. The summed E-state index contributed by atoms with van der Waals surface area (Å²) in [4.78, 5) is 47.6. The van der Waals surface area contributed by atoms with Gasteiger partial charge in [-0.05, 0) is 44.4 Å². The average molecular weight is 490 g/mol. The normalized spacial score (nSPS) is 18.5. The topological polar surface area (TPSA) is 104 Å². The summed E-state index contributed by atoms with van der Waals surface area (Å²) >= 11 is 12.9. The van der Waals surface area contributed by atoms with Crippen LogP contribution in [0.25, 0.3) is 0 Å². The van der Waals surface area contributed by atoms with Crippen LogP contribution >= 0.6 is 23.2 Å². The van der Waals surface area contributed by atoms with E-state index in [1.807, 2.05) is 0 Å². The predicted octanol–water partition coefficient (Wildman–Crippen LogP) is 3.11. The van der Waals surface area contributed by atoms with Gasteiger partial charge in [-0.15, -0.1) is 0 Å². The first-order valence-corrected chi connectivity index (χ1v) is 11.6. The molecule has 1 unspecified atom stereocenters. The monoisotopic (exact) mass is 489 g/mol. The lowest BCUT2D eigenvalue weighted by molar-refractivity contribution is -0.134. The van der Waals surface area contributed by atoms with Gasteiger partial charge in [0.1, 0.15) is 11.2 Å². The van der Waals surface area contributed by atoms with Crippen molar-refractivity contribution in [1.29, 1.82) is 0 Å². The summed E-state index contributed by atoms with van der Waals surface area (Å²) in [6.45, 7) is 5.74. The van der Waals surface area contributed by atoms with E-state index in [2.05, 4.69) is 25.5 Å². The van der Waals surface area contributed by atoms with Crippen molar-refractivity contribution < 1.29 is 14.4 Å². The van der Waals surface area contributed by atoms with E-state index < -0.39 is 17.2 Å². The molecule has 8 nitrogen and oxygen atoms in total. The molecule has 1 aromatic heterocycles. The van der Waals surface area contributed by atoms with E-state index in [4.69, 9.17) is 23.2 Å². The third kappa shape index (κ3) is 4.82. The van der Waals surface area contributed by atoms with Gasteiger partial charge >= 0.3 is 0 Å². The molecule has 2 N–H and O–H groups in total. The van der Waals surface area contributed by atoms with Crippen molar-refractivity contribution in [2.45, 2.75) is 51.0 Å². The Kier molecular flexibility index (Phi) is 6.59. The van der Waals surface area contributed by atoms with Gasteiger partial charge in [0.15, 0.2) is 0 Å². The quantitative estimate of drug-likeness (QED) is 0.604. The molecule has 1 atom stereocenters. The summed E-state index contributed by atoms with van der Waals surface area (Å²) in [6.07, 6.45) is 5.26. The highest BCUT2D eigenvalue weighted by Gasteiger charge is 2.34. The average Bonchev–Trinajstić information content (AvgIpc) is 2.72. The number of nitrogens with one attached hydrogen (secondary N) is 2. The largest absolute Gasteiger partial charge is 0.369 e. The maximum Gasteiger partial charge on any atom is 0.234 e. The van der Waals surface area contributed by atoms with Gasteiger partial charge in [0.25, 0.3) is 0 Å². The molecule has 2 aliphatic rings. The van der Waals surface area contributed by atoms with Gasteiger partial charge in [0.2, 0.25) is 17.7 Å². The zero-order valence-corrected chi connectivity index (χ0v) is 20.0. The van der Waals surface area contributed by atoms with Crippen molar-refractivity contribution in [3.8, 4) is 0 Å². The molecule has 2 fully saturated rings. The highest BCUT2D eigenvalue weighted by molar-refractivity contribution is 6.36. The van der Waals surface area contributed by atoms with Crippen molar-refractivity contribution in [3.05, 3.63) is 51.5 Å². The maximum atomic E-state index is 12.9. The van der Waals surface area contributed by atoms with Crippen molar-refractivity contribution in [2.75, 3.05) is 18.0 Å². The summed E-state index contributed by atoms with van der Waals surface area (Å²) in [5.41, 5.74) is 1.21. The van der Waals surface area contributed by atoms with E-state index in [-0.39, 0.29) is 24.8 Å². The van der Waals surface area contributed by atoms with Crippen molar-refractivity contribution in [2.24, 2.45) is 0 Å². The molecule has 2 saturated heterocycles. The van der Waals surface area contributed by atoms with Crippen LogP contribution in [0.1, 0.15) is 56.0 Å². The number of carbonyl (C=O) groups excluding carboxylic acids is 3. The van der Waals surface area contributed by atoms with Gasteiger partial charge in [0, 0.05) is 41.7 Å². The molecule has 10 heteroatoms. The molecule has 3 heterocycles.